The van der Waals surface area contributed by atoms with Gasteiger partial charge >= 0.3 is 0 Å². The summed E-state index contributed by atoms with van der Waals surface area (Å²) in [6.45, 7) is 0. The van der Waals surface area contributed by atoms with Crippen molar-refractivity contribution in [1.82, 2.24) is 0 Å². The molecule has 0 radical (unpaired) electrons. The second-order valence-electron chi connectivity index (χ2n) is 3.89. The Morgan fingerprint density at radius 2 is 1.94 bits per heavy atom. The highest BCUT2D eigenvalue weighted by Crippen LogP contribution is 2.31. The summed E-state index contributed by atoms with van der Waals surface area (Å²) in [6.07, 6.45) is 0. The molecule has 0 unspecified atom stereocenters. The van der Waals surface area contributed by atoms with Crippen molar-refractivity contribution >= 4 is 33.5 Å². The fraction of sp³-hybridized carbons (Fsp3) is 0. The number of hydrogen-bond donors (Lipinski definition) is 2. The monoisotopic (exact) mass is 262 g/mol. The van der Waals surface area contributed by atoms with Crippen molar-refractivity contribution in [2.24, 2.45) is 0 Å². The Morgan fingerprint density at radius 3 is 2.72 bits per heavy atom. The molecule has 0 aliphatic rings. The first-order valence-corrected chi connectivity index (χ1v) is 5.53. The molecule has 4 nitrogen and oxygen atoms in total. The Balaban J connectivity index is 2.66. The van der Waals surface area contributed by atoms with Gasteiger partial charge in [-0.2, -0.15) is 0 Å². The van der Waals surface area contributed by atoms with Crippen molar-refractivity contribution in [3.8, 4) is 11.5 Å². The van der Waals surface area contributed by atoms with Gasteiger partial charge in [0.2, 0.25) is 5.43 Å². The van der Waals surface area contributed by atoms with Crippen LogP contribution in [0.3, 0.4) is 0 Å². The zero-order valence-electron chi connectivity index (χ0n) is 8.98. The van der Waals surface area contributed by atoms with Crippen LogP contribution in [0.15, 0.2) is 39.5 Å². The summed E-state index contributed by atoms with van der Waals surface area (Å²) in [4.78, 5) is 12.2. The molecule has 0 amide bonds. The molecule has 0 bridgehead atoms. The number of para-hydroxylation sites is 1. The Hall–Kier alpha value is -2.20. The van der Waals surface area contributed by atoms with E-state index in [1.807, 2.05) is 0 Å². The molecule has 0 saturated heterocycles. The number of fused-ring (bicyclic) bond motifs is 2. The predicted molar refractivity (Wildman–Crippen MR) is 68.3 cm³/mol. The third kappa shape index (κ3) is 1.43. The number of hydrogen-bond acceptors (Lipinski definition) is 4. The standard InChI is InChI=1S/C13H7ClO4/c14-8-3-1-2-7-12(17)11-9(16)4-6(15)5-10(11)18-13(7)8/h1-5,15-16H. The van der Waals surface area contributed by atoms with Gasteiger partial charge < -0.3 is 14.6 Å². The first-order valence-electron chi connectivity index (χ1n) is 5.15. The summed E-state index contributed by atoms with van der Waals surface area (Å²) >= 11 is 5.95. The van der Waals surface area contributed by atoms with Crippen molar-refractivity contribution in [2.45, 2.75) is 0 Å². The van der Waals surface area contributed by atoms with Crippen LogP contribution in [-0.2, 0) is 0 Å². The van der Waals surface area contributed by atoms with E-state index in [1.54, 1.807) is 18.2 Å². The normalized spacial score (nSPS) is 11.2. The van der Waals surface area contributed by atoms with Crippen LogP contribution in [0, 0.1) is 0 Å². The van der Waals surface area contributed by atoms with E-state index in [9.17, 15) is 15.0 Å². The Bertz CT molecular complexity index is 836. The van der Waals surface area contributed by atoms with Crippen LogP contribution in [0.5, 0.6) is 11.5 Å². The molecule has 0 aliphatic heterocycles. The lowest BCUT2D eigenvalue weighted by molar-refractivity contribution is 0.453. The van der Waals surface area contributed by atoms with Crippen molar-refractivity contribution in [2.75, 3.05) is 0 Å². The number of benzene rings is 2. The van der Waals surface area contributed by atoms with E-state index < -0.39 is 0 Å². The van der Waals surface area contributed by atoms with Gasteiger partial charge in [-0.05, 0) is 12.1 Å². The number of rotatable bonds is 0. The van der Waals surface area contributed by atoms with Crippen LogP contribution in [0.2, 0.25) is 5.02 Å². The lowest BCUT2D eigenvalue weighted by Gasteiger charge is -2.04. The van der Waals surface area contributed by atoms with E-state index in [0.717, 1.165) is 6.07 Å². The number of halogens is 1. The molecule has 0 aliphatic carbocycles. The van der Waals surface area contributed by atoms with E-state index in [2.05, 4.69) is 0 Å². The smallest absolute Gasteiger partial charge is 0.204 e. The molecular formula is C13H7ClO4. The SMILES string of the molecule is O=c1c2cccc(Cl)c2oc2cc(O)cc(O)c12. The largest absolute Gasteiger partial charge is 0.508 e. The van der Waals surface area contributed by atoms with Gasteiger partial charge in [-0.15, -0.1) is 0 Å². The molecule has 18 heavy (non-hydrogen) atoms. The molecular weight excluding hydrogens is 256 g/mol. The first kappa shape index (κ1) is 10.9. The zero-order chi connectivity index (χ0) is 12.9. The van der Waals surface area contributed by atoms with Gasteiger partial charge in [0.05, 0.1) is 10.4 Å². The highest BCUT2D eigenvalue weighted by molar-refractivity contribution is 6.34. The number of phenols is 2. The second kappa shape index (κ2) is 3.65. The van der Waals surface area contributed by atoms with Gasteiger partial charge in [0, 0.05) is 12.1 Å². The molecule has 2 aromatic carbocycles. The van der Waals surface area contributed by atoms with E-state index in [4.69, 9.17) is 16.0 Å². The number of aromatic hydroxyl groups is 2. The van der Waals surface area contributed by atoms with Gasteiger partial charge in [0.1, 0.15) is 22.5 Å². The predicted octanol–water partition coefficient (Wildman–Crippen LogP) is 3.01. The molecule has 2 N–H and O–H groups in total. The third-order valence-corrected chi connectivity index (χ3v) is 3.01. The van der Waals surface area contributed by atoms with Crippen molar-refractivity contribution in [3.05, 3.63) is 45.6 Å². The van der Waals surface area contributed by atoms with Crippen molar-refractivity contribution < 1.29 is 14.6 Å². The van der Waals surface area contributed by atoms with Crippen molar-refractivity contribution in [3.63, 3.8) is 0 Å². The molecule has 1 heterocycles. The fourth-order valence-corrected chi connectivity index (χ4v) is 2.14. The van der Waals surface area contributed by atoms with Crippen LogP contribution in [-0.4, -0.2) is 10.2 Å². The third-order valence-electron chi connectivity index (χ3n) is 2.72. The minimum absolute atomic E-state index is 0.0302. The molecule has 0 spiro atoms. The fourth-order valence-electron chi connectivity index (χ4n) is 1.93. The molecule has 3 aromatic rings. The maximum Gasteiger partial charge on any atom is 0.204 e. The van der Waals surface area contributed by atoms with Crippen LogP contribution in [0.25, 0.3) is 21.9 Å². The summed E-state index contributed by atoms with van der Waals surface area (Å²) in [5, 5.41) is 19.7. The first-order chi connectivity index (χ1) is 8.58. The number of phenolic OH excluding ortho intramolecular Hbond substituents is 2. The average Bonchev–Trinajstić information content (AvgIpc) is 2.30. The van der Waals surface area contributed by atoms with E-state index in [1.165, 1.54) is 6.07 Å². The zero-order valence-corrected chi connectivity index (χ0v) is 9.73. The summed E-state index contributed by atoms with van der Waals surface area (Å²) in [5.41, 5.74) is -0.0500. The van der Waals surface area contributed by atoms with E-state index in [-0.39, 0.29) is 38.9 Å². The molecule has 3 rings (SSSR count). The second-order valence-corrected chi connectivity index (χ2v) is 4.29. The molecule has 0 fully saturated rings. The van der Waals surface area contributed by atoms with Gasteiger partial charge in [-0.3, -0.25) is 4.79 Å². The summed E-state index contributed by atoms with van der Waals surface area (Å²) in [6, 6.07) is 7.15. The lowest BCUT2D eigenvalue weighted by Crippen LogP contribution is -2.02. The van der Waals surface area contributed by atoms with Gasteiger partial charge in [0.15, 0.2) is 5.58 Å². The van der Waals surface area contributed by atoms with Crippen molar-refractivity contribution in [1.29, 1.82) is 0 Å². The highest BCUT2D eigenvalue weighted by atomic mass is 35.5. The molecule has 90 valence electrons. The average molecular weight is 263 g/mol. The van der Waals surface area contributed by atoms with E-state index in [0.29, 0.717) is 5.02 Å². The van der Waals surface area contributed by atoms with Crippen LogP contribution < -0.4 is 5.43 Å². The Labute approximate surface area is 106 Å². The quantitative estimate of drug-likeness (QED) is 0.611. The van der Waals surface area contributed by atoms with Gasteiger partial charge in [0.25, 0.3) is 0 Å². The van der Waals surface area contributed by atoms with Crippen LogP contribution >= 0.6 is 11.6 Å². The maximum atomic E-state index is 12.2. The summed E-state index contributed by atoms with van der Waals surface area (Å²) in [5.74, 6) is -0.504. The van der Waals surface area contributed by atoms with E-state index >= 15 is 0 Å². The maximum absolute atomic E-state index is 12.2. The lowest BCUT2D eigenvalue weighted by atomic mass is 10.1. The summed E-state index contributed by atoms with van der Waals surface area (Å²) in [7, 11) is 0. The highest BCUT2D eigenvalue weighted by Gasteiger charge is 2.14. The molecule has 5 heteroatoms. The summed E-state index contributed by atoms with van der Waals surface area (Å²) < 4.78 is 5.47. The molecule has 1 aromatic heterocycles. The minimum atomic E-state index is -0.383. The van der Waals surface area contributed by atoms with Crippen LogP contribution in [0.4, 0.5) is 0 Å². The molecule has 0 atom stereocenters. The van der Waals surface area contributed by atoms with Crippen LogP contribution in [0.1, 0.15) is 0 Å². The minimum Gasteiger partial charge on any atom is -0.508 e. The van der Waals surface area contributed by atoms with Gasteiger partial charge in [-0.25, -0.2) is 0 Å². The Morgan fingerprint density at radius 1 is 1.17 bits per heavy atom. The molecule has 0 saturated carbocycles. The Kier molecular flexibility index (Phi) is 2.21. The van der Waals surface area contributed by atoms with Gasteiger partial charge in [-0.1, -0.05) is 17.7 Å². The topological polar surface area (TPSA) is 70.7 Å².